The Morgan fingerprint density at radius 1 is 0.481 bits per heavy atom. The Kier molecular flexibility index (Phi) is 12.5. The van der Waals surface area contributed by atoms with Crippen LogP contribution in [0.15, 0.2) is 182 Å². The molecule has 0 aliphatic carbocycles. The second-order valence-corrected chi connectivity index (χ2v) is 26.8. The van der Waals surface area contributed by atoms with E-state index in [-0.39, 0.29) is 33.9 Å². The molecule has 0 atom stereocenters. The fraction of sp³-hybridized carbons (Fsp3) is 0.300. The molecule has 0 saturated heterocycles. The summed E-state index contributed by atoms with van der Waals surface area (Å²) in [4.78, 5) is 12.4. The average molecular weight is 1010 g/mol. The van der Waals surface area contributed by atoms with Crippen LogP contribution in [0.2, 0.25) is 0 Å². The van der Waals surface area contributed by atoms with E-state index in [1.54, 1.807) is 0 Å². The van der Waals surface area contributed by atoms with Crippen molar-refractivity contribution in [3.63, 3.8) is 0 Å². The Balaban J connectivity index is 1.07. The third kappa shape index (κ3) is 9.72. The van der Waals surface area contributed by atoms with Crippen LogP contribution in [0.1, 0.15) is 143 Å². The van der Waals surface area contributed by atoms with Gasteiger partial charge < -0.3 is 19.3 Å². The molecule has 7 heteroatoms. The highest BCUT2D eigenvalue weighted by Crippen LogP contribution is 2.51. The smallest absolute Gasteiger partial charge is 0.322 e. The summed E-state index contributed by atoms with van der Waals surface area (Å²) in [6.07, 6.45) is 11.0. The number of fused-ring (bicyclic) bond motifs is 5. The number of rotatable bonds is 7. The SMILES string of the molecule is CC(C)(C)c1cc(C2=CN3C=CC=CB3C(c3cc(C(C)(C)C)cc(C(C)(C)C)c3)=C2N2CN(c3cccc(Oc4ccc5c6ccccc6n(-c6cc(C(C)(C)C)ccn6)c5c4)c3)c3ccccc32)cc(C(C)(C)C)c1. The summed E-state index contributed by atoms with van der Waals surface area (Å²) in [7, 11) is 0. The van der Waals surface area contributed by atoms with Gasteiger partial charge in [0.25, 0.3) is 0 Å². The Hall–Kier alpha value is -7.51. The number of nitrogens with zero attached hydrogens (tertiary/aromatic N) is 5. The third-order valence-corrected chi connectivity index (χ3v) is 15.9. The molecule has 8 aromatic rings. The predicted octanol–water partition coefficient (Wildman–Crippen LogP) is 18.3. The number of hydrogen-bond acceptors (Lipinski definition) is 5. The molecule has 6 aromatic carbocycles. The maximum absolute atomic E-state index is 6.93. The van der Waals surface area contributed by atoms with Crippen molar-refractivity contribution in [1.29, 1.82) is 0 Å². The van der Waals surface area contributed by atoms with E-state index in [1.165, 1.54) is 61.1 Å². The molecule has 6 nitrogen and oxygen atoms in total. The van der Waals surface area contributed by atoms with Crippen molar-refractivity contribution in [3.05, 3.63) is 221 Å². The van der Waals surface area contributed by atoms with E-state index in [9.17, 15) is 0 Å². The van der Waals surface area contributed by atoms with Gasteiger partial charge in [0.15, 0.2) is 0 Å². The molecule has 0 radical (unpaired) electrons. The molecule has 390 valence electrons. The molecule has 0 N–H and O–H groups in total. The lowest BCUT2D eigenvalue weighted by molar-refractivity contribution is 0.483. The summed E-state index contributed by atoms with van der Waals surface area (Å²) >= 11 is 0. The van der Waals surface area contributed by atoms with Crippen molar-refractivity contribution in [2.75, 3.05) is 16.5 Å². The van der Waals surface area contributed by atoms with Crippen LogP contribution < -0.4 is 14.5 Å². The van der Waals surface area contributed by atoms with Gasteiger partial charge in [-0.25, -0.2) is 4.98 Å². The number of benzene rings is 6. The van der Waals surface area contributed by atoms with Gasteiger partial charge in [0.05, 0.1) is 22.4 Å². The molecular weight excluding hydrogens is 938 g/mol. The van der Waals surface area contributed by atoms with Crippen molar-refractivity contribution < 1.29 is 4.74 Å². The first kappa shape index (κ1) is 51.6. The molecule has 3 aliphatic heterocycles. The van der Waals surface area contributed by atoms with Crippen LogP contribution in [0.25, 0.3) is 38.7 Å². The fourth-order valence-electron chi connectivity index (χ4n) is 11.2. The van der Waals surface area contributed by atoms with Crippen molar-refractivity contribution in [2.45, 2.75) is 131 Å². The molecule has 0 bridgehead atoms. The van der Waals surface area contributed by atoms with Gasteiger partial charge in [0.1, 0.15) is 24.0 Å². The van der Waals surface area contributed by atoms with Gasteiger partial charge in [0.2, 0.25) is 0 Å². The summed E-state index contributed by atoms with van der Waals surface area (Å²) in [5.74, 6) is 4.81. The van der Waals surface area contributed by atoms with Crippen LogP contribution in [-0.2, 0) is 27.1 Å². The van der Waals surface area contributed by atoms with Crippen LogP contribution in [-0.4, -0.2) is 27.9 Å². The Morgan fingerprint density at radius 2 is 1.05 bits per heavy atom. The minimum absolute atomic E-state index is 0.0226. The van der Waals surface area contributed by atoms with Crippen molar-refractivity contribution >= 4 is 56.8 Å². The summed E-state index contributed by atoms with van der Waals surface area (Å²) in [6.45, 7) is 35.4. The van der Waals surface area contributed by atoms with Crippen LogP contribution in [0, 0.1) is 0 Å². The average Bonchev–Trinajstić information content (AvgIpc) is 3.99. The van der Waals surface area contributed by atoms with E-state index >= 15 is 0 Å². The first-order chi connectivity index (χ1) is 36.3. The van der Waals surface area contributed by atoms with Gasteiger partial charge in [-0.1, -0.05) is 189 Å². The summed E-state index contributed by atoms with van der Waals surface area (Å²) in [5, 5.41) is 2.34. The van der Waals surface area contributed by atoms with Gasteiger partial charge in [0, 0.05) is 52.3 Å². The maximum Gasteiger partial charge on any atom is 0.322 e. The normalized spacial score (nSPS) is 15.2. The minimum Gasteiger partial charge on any atom is -0.457 e. The van der Waals surface area contributed by atoms with E-state index in [1.807, 2.05) is 6.20 Å². The number of para-hydroxylation sites is 3. The minimum atomic E-state index is -0.0712. The molecule has 0 saturated carbocycles. The second kappa shape index (κ2) is 18.6. The molecular formula is C70H76BN5O. The molecule has 0 fully saturated rings. The Labute approximate surface area is 459 Å². The first-order valence-corrected chi connectivity index (χ1v) is 27.7. The van der Waals surface area contributed by atoms with Crippen LogP contribution in [0.3, 0.4) is 0 Å². The zero-order valence-corrected chi connectivity index (χ0v) is 48.2. The number of pyridine rings is 1. The number of anilines is 3. The number of hydrogen-bond donors (Lipinski definition) is 0. The van der Waals surface area contributed by atoms with Crippen LogP contribution in [0.5, 0.6) is 11.5 Å². The lowest BCUT2D eigenvalue weighted by Crippen LogP contribution is -2.40. The van der Waals surface area contributed by atoms with E-state index in [2.05, 4.69) is 293 Å². The molecule has 0 spiro atoms. The van der Waals surface area contributed by atoms with E-state index in [0.29, 0.717) is 6.67 Å². The standard InChI is InChI=1S/C70H76BN5O/c1-66(2,3)48-31-33-72-63(41-48)76-59-26-17-16-25-56(59)57-30-29-55(43-62(57)76)77-54-24-22-23-53(42-54)74-45-75(61-28-19-18-27-60(61)74)65-58(46-35-49(67(4,5)6)39-50(36-46)68(7,8)9)44-73-34-21-20-32-71(73)64(65)47-37-51(69(10,11)12)40-52(38-47)70(13,14)15/h16-44H,45H2,1-15H3. The Bertz CT molecular complexity index is 3690. The monoisotopic (exact) mass is 1010 g/mol. The Morgan fingerprint density at radius 3 is 1.69 bits per heavy atom. The molecule has 77 heavy (non-hydrogen) atoms. The number of aromatic nitrogens is 2. The van der Waals surface area contributed by atoms with E-state index < -0.39 is 0 Å². The van der Waals surface area contributed by atoms with Crippen molar-refractivity contribution in [3.8, 4) is 17.3 Å². The summed E-state index contributed by atoms with van der Waals surface area (Å²) in [5.41, 5.74) is 18.0. The van der Waals surface area contributed by atoms with Gasteiger partial charge in [-0.3, -0.25) is 4.57 Å². The molecule has 5 heterocycles. The molecule has 11 rings (SSSR count). The van der Waals surface area contributed by atoms with E-state index in [4.69, 9.17) is 9.72 Å². The number of allylic oxidation sites excluding steroid dienone is 3. The zero-order chi connectivity index (χ0) is 54.6. The van der Waals surface area contributed by atoms with Gasteiger partial charge in [-0.15, -0.1) is 0 Å². The fourth-order valence-corrected chi connectivity index (χ4v) is 11.2. The quantitative estimate of drug-likeness (QED) is 0.149. The predicted molar refractivity (Wildman–Crippen MR) is 328 cm³/mol. The largest absolute Gasteiger partial charge is 0.457 e. The lowest BCUT2D eigenvalue weighted by atomic mass is 9.48. The van der Waals surface area contributed by atoms with Crippen LogP contribution in [0.4, 0.5) is 17.1 Å². The lowest BCUT2D eigenvalue weighted by Gasteiger charge is -2.39. The second-order valence-electron chi connectivity index (χ2n) is 26.8. The summed E-state index contributed by atoms with van der Waals surface area (Å²) in [6, 6.07) is 51.8. The van der Waals surface area contributed by atoms with E-state index in [0.717, 1.165) is 50.8 Å². The molecule has 3 aliphatic rings. The van der Waals surface area contributed by atoms with Gasteiger partial charge >= 0.3 is 6.85 Å². The summed E-state index contributed by atoms with van der Waals surface area (Å²) < 4.78 is 9.21. The molecule has 0 unspecified atom stereocenters. The topological polar surface area (TPSA) is 36.8 Å². The third-order valence-electron chi connectivity index (χ3n) is 15.9. The zero-order valence-electron chi connectivity index (χ0n) is 48.2. The van der Waals surface area contributed by atoms with Crippen molar-refractivity contribution in [1.82, 2.24) is 14.4 Å². The molecule has 2 aromatic heterocycles. The van der Waals surface area contributed by atoms with Gasteiger partial charge in [-0.2, -0.15) is 0 Å². The highest BCUT2D eigenvalue weighted by molar-refractivity contribution is 6.82. The van der Waals surface area contributed by atoms with Gasteiger partial charge in [-0.05, 0) is 138 Å². The highest BCUT2D eigenvalue weighted by Gasteiger charge is 2.41. The molecule has 0 amide bonds. The highest BCUT2D eigenvalue weighted by atomic mass is 16.5. The van der Waals surface area contributed by atoms with Crippen molar-refractivity contribution in [2.24, 2.45) is 0 Å². The first-order valence-electron chi connectivity index (χ1n) is 27.7. The number of ether oxygens (including phenoxy) is 1. The van der Waals surface area contributed by atoms with Crippen LogP contribution >= 0.6 is 0 Å². The maximum atomic E-state index is 6.93.